The third kappa shape index (κ3) is 6.47. The van der Waals surface area contributed by atoms with Crippen LogP contribution in [0.1, 0.15) is 12.8 Å². The van der Waals surface area contributed by atoms with E-state index < -0.39 is 16.9 Å². The van der Waals surface area contributed by atoms with E-state index >= 15 is 0 Å². The van der Waals surface area contributed by atoms with Crippen molar-refractivity contribution in [2.75, 3.05) is 21.3 Å². The molecule has 0 aromatic rings. The summed E-state index contributed by atoms with van der Waals surface area (Å²) < 4.78 is 16.1. The predicted molar refractivity (Wildman–Crippen MR) is 69.0 cm³/mol. The second kappa shape index (κ2) is 6.80. The monoisotopic (exact) mass is 250 g/mol. The molecule has 0 heterocycles. The highest BCUT2D eigenvalue weighted by atomic mass is 28.4. The van der Waals surface area contributed by atoms with Crippen LogP contribution in [-0.4, -0.2) is 38.2 Å². The maximum atomic E-state index is 5.37. The molecule has 0 fully saturated rings. The molecule has 0 spiro atoms. The van der Waals surface area contributed by atoms with Crippen LogP contribution in [0, 0.1) is 0 Å². The largest absolute Gasteiger partial charge is 0.500 e. The molecule has 0 radical (unpaired) electrons. The molecule has 0 atom stereocenters. The topological polar surface area (TPSA) is 27.7 Å². The first kappa shape index (κ1) is 15.3. The Morgan fingerprint density at radius 1 is 0.733 bits per heavy atom. The van der Waals surface area contributed by atoms with E-state index in [1.54, 1.807) is 21.3 Å². The molecule has 0 N–H and O–H groups in total. The van der Waals surface area contributed by atoms with E-state index in [1.807, 2.05) is 0 Å². The van der Waals surface area contributed by atoms with Crippen molar-refractivity contribution in [3.8, 4) is 0 Å². The minimum Gasteiger partial charge on any atom is -0.377 e. The Bertz CT molecular complexity index is 156. The molecular weight excluding hydrogens is 224 g/mol. The van der Waals surface area contributed by atoms with E-state index in [-0.39, 0.29) is 0 Å². The molecule has 0 rings (SSSR count). The van der Waals surface area contributed by atoms with Crippen molar-refractivity contribution < 1.29 is 13.3 Å². The molecule has 0 aliphatic carbocycles. The molecule has 0 bridgehead atoms. The highest BCUT2D eigenvalue weighted by Gasteiger charge is 2.36. The zero-order chi connectivity index (χ0) is 11.9. The van der Waals surface area contributed by atoms with Gasteiger partial charge in [-0.05, 0) is 6.42 Å². The molecule has 3 nitrogen and oxygen atoms in total. The van der Waals surface area contributed by atoms with Gasteiger partial charge in [-0.3, -0.25) is 0 Å². The van der Waals surface area contributed by atoms with Gasteiger partial charge in [0.25, 0.3) is 0 Å². The van der Waals surface area contributed by atoms with Crippen molar-refractivity contribution in [3.63, 3.8) is 0 Å². The lowest BCUT2D eigenvalue weighted by Crippen LogP contribution is -2.42. The van der Waals surface area contributed by atoms with Crippen molar-refractivity contribution in [2.24, 2.45) is 0 Å². The van der Waals surface area contributed by atoms with Crippen LogP contribution in [0.2, 0.25) is 31.7 Å². The fourth-order valence-electron chi connectivity index (χ4n) is 1.55. The normalized spacial score (nSPS) is 13.2. The summed E-state index contributed by atoms with van der Waals surface area (Å²) >= 11 is 0. The molecule has 0 aliphatic heterocycles. The summed E-state index contributed by atoms with van der Waals surface area (Å²) in [5, 5.41) is 0. The first-order valence-electron chi connectivity index (χ1n) is 5.54. The Kier molecular flexibility index (Phi) is 6.94. The standard InChI is InChI=1S/C10H26O3Si2/c1-11-15(12-2,13-3)10-8-7-9-14(4,5)6/h7-10H2,1-6H3. The summed E-state index contributed by atoms with van der Waals surface area (Å²) in [6, 6.07) is 2.30. The Hall–Kier alpha value is 0.314. The van der Waals surface area contributed by atoms with Gasteiger partial charge in [-0.15, -0.1) is 0 Å². The predicted octanol–water partition coefficient (Wildman–Crippen LogP) is 2.98. The smallest absolute Gasteiger partial charge is 0.377 e. The highest BCUT2D eigenvalue weighted by molar-refractivity contribution is 6.76. The van der Waals surface area contributed by atoms with Crippen LogP contribution in [-0.2, 0) is 13.3 Å². The van der Waals surface area contributed by atoms with Crippen LogP contribution in [0.25, 0.3) is 0 Å². The van der Waals surface area contributed by atoms with Crippen LogP contribution in [0.4, 0.5) is 0 Å². The molecule has 0 saturated carbocycles. The lowest BCUT2D eigenvalue weighted by Gasteiger charge is -2.24. The van der Waals surface area contributed by atoms with Crippen LogP contribution < -0.4 is 0 Å². The maximum Gasteiger partial charge on any atom is 0.500 e. The lowest BCUT2D eigenvalue weighted by atomic mass is 10.4. The molecule has 0 amide bonds. The molecule has 0 saturated heterocycles. The van der Waals surface area contributed by atoms with E-state index in [4.69, 9.17) is 13.3 Å². The molecule has 15 heavy (non-hydrogen) atoms. The van der Waals surface area contributed by atoms with Gasteiger partial charge in [-0.25, -0.2) is 0 Å². The molecular formula is C10H26O3Si2. The van der Waals surface area contributed by atoms with Gasteiger partial charge in [0.05, 0.1) is 0 Å². The molecule has 5 heteroatoms. The zero-order valence-electron chi connectivity index (χ0n) is 11.1. The molecule has 0 unspecified atom stereocenters. The third-order valence-electron chi connectivity index (χ3n) is 2.59. The van der Waals surface area contributed by atoms with Crippen LogP contribution in [0.15, 0.2) is 0 Å². The molecule has 92 valence electrons. The van der Waals surface area contributed by atoms with Crippen molar-refractivity contribution in [2.45, 2.75) is 44.6 Å². The van der Waals surface area contributed by atoms with Crippen molar-refractivity contribution >= 4 is 16.9 Å². The Morgan fingerprint density at radius 3 is 1.47 bits per heavy atom. The van der Waals surface area contributed by atoms with Gasteiger partial charge < -0.3 is 13.3 Å². The zero-order valence-corrected chi connectivity index (χ0v) is 13.1. The summed E-state index contributed by atoms with van der Waals surface area (Å²) in [5.74, 6) is 0. The highest BCUT2D eigenvalue weighted by Crippen LogP contribution is 2.20. The summed E-state index contributed by atoms with van der Waals surface area (Å²) in [6.45, 7) is 7.21. The van der Waals surface area contributed by atoms with Crippen molar-refractivity contribution in [1.82, 2.24) is 0 Å². The first-order valence-corrected chi connectivity index (χ1v) is 11.2. The molecule has 0 aromatic carbocycles. The van der Waals surface area contributed by atoms with E-state index in [9.17, 15) is 0 Å². The van der Waals surface area contributed by atoms with Crippen molar-refractivity contribution in [3.05, 3.63) is 0 Å². The van der Waals surface area contributed by atoms with Gasteiger partial charge in [0, 0.05) is 35.4 Å². The summed E-state index contributed by atoms with van der Waals surface area (Å²) in [6.07, 6.45) is 2.41. The second-order valence-electron chi connectivity index (χ2n) is 5.06. The number of hydrogen-bond donors (Lipinski definition) is 0. The van der Waals surface area contributed by atoms with E-state index in [0.717, 1.165) is 12.5 Å². The molecule has 0 aromatic heterocycles. The fraction of sp³-hybridized carbons (Fsp3) is 1.00. The second-order valence-corrected chi connectivity index (χ2v) is 13.8. The van der Waals surface area contributed by atoms with Gasteiger partial charge in [0.1, 0.15) is 0 Å². The summed E-state index contributed by atoms with van der Waals surface area (Å²) in [4.78, 5) is 0. The average molecular weight is 250 g/mol. The minimum atomic E-state index is -2.30. The quantitative estimate of drug-likeness (QED) is 0.490. The van der Waals surface area contributed by atoms with E-state index in [2.05, 4.69) is 19.6 Å². The Labute approximate surface area is 96.5 Å². The first-order chi connectivity index (χ1) is 6.89. The third-order valence-corrected chi connectivity index (χ3v) is 7.28. The Morgan fingerprint density at radius 2 is 1.13 bits per heavy atom. The van der Waals surface area contributed by atoms with E-state index in [1.165, 1.54) is 12.5 Å². The number of hydrogen-bond acceptors (Lipinski definition) is 3. The SMILES string of the molecule is CO[Si](CCCC[Si](C)(C)C)(OC)OC. The van der Waals surface area contributed by atoms with Gasteiger partial charge in [0.15, 0.2) is 0 Å². The Balaban J connectivity index is 3.82. The fourth-order valence-corrected chi connectivity index (χ4v) is 4.66. The van der Waals surface area contributed by atoms with Crippen LogP contribution >= 0.6 is 0 Å². The average Bonchev–Trinajstić information content (AvgIpc) is 2.18. The lowest BCUT2D eigenvalue weighted by molar-refractivity contribution is 0.123. The van der Waals surface area contributed by atoms with E-state index in [0.29, 0.717) is 0 Å². The van der Waals surface area contributed by atoms with Gasteiger partial charge in [0.2, 0.25) is 0 Å². The summed E-state index contributed by atoms with van der Waals surface area (Å²) in [7, 11) is 1.85. The number of unbranched alkanes of at least 4 members (excludes halogenated alkanes) is 1. The van der Waals surface area contributed by atoms with Gasteiger partial charge >= 0.3 is 8.80 Å². The van der Waals surface area contributed by atoms with Crippen LogP contribution in [0.3, 0.4) is 0 Å². The number of rotatable bonds is 8. The molecule has 0 aliphatic rings. The summed E-state index contributed by atoms with van der Waals surface area (Å²) in [5.41, 5.74) is 0. The van der Waals surface area contributed by atoms with Gasteiger partial charge in [-0.2, -0.15) is 0 Å². The minimum absolute atomic E-state index is 0.891. The van der Waals surface area contributed by atoms with Crippen LogP contribution in [0.5, 0.6) is 0 Å². The maximum absolute atomic E-state index is 5.37. The van der Waals surface area contributed by atoms with Crippen molar-refractivity contribution in [1.29, 1.82) is 0 Å². The van der Waals surface area contributed by atoms with Gasteiger partial charge in [-0.1, -0.05) is 32.1 Å².